The second kappa shape index (κ2) is 5.48. The van der Waals surface area contributed by atoms with Crippen molar-refractivity contribution in [2.75, 3.05) is 11.9 Å². The van der Waals surface area contributed by atoms with Gasteiger partial charge in [-0.15, -0.1) is 11.3 Å². The quantitative estimate of drug-likeness (QED) is 0.889. The molecule has 0 unspecified atom stereocenters. The third-order valence-corrected chi connectivity index (χ3v) is 3.50. The Morgan fingerprint density at radius 2 is 1.94 bits per heavy atom. The van der Waals surface area contributed by atoms with Gasteiger partial charge in [-0.05, 0) is 37.1 Å². The van der Waals surface area contributed by atoms with Crippen LogP contribution in [0.3, 0.4) is 0 Å². The Hall–Kier alpha value is -1.42. The lowest BCUT2D eigenvalue weighted by molar-refractivity contribution is 0.628. The van der Waals surface area contributed by atoms with Crippen molar-refractivity contribution >= 4 is 16.5 Å². The lowest BCUT2D eigenvalue weighted by Crippen LogP contribution is -2.07. The standard InChI is InChI=1S/C14H17FN2S/c1-9(2)8-16-14-17-13(10(3)18-14)11-4-6-12(15)7-5-11/h4-7,9H,8H2,1-3H3,(H,16,17). The number of rotatable bonds is 4. The van der Waals surface area contributed by atoms with Crippen molar-refractivity contribution in [1.29, 1.82) is 0 Å². The molecule has 18 heavy (non-hydrogen) atoms. The zero-order valence-electron chi connectivity index (χ0n) is 10.8. The van der Waals surface area contributed by atoms with Gasteiger partial charge in [0.2, 0.25) is 0 Å². The summed E-state index contributed by atoms with van der Waals surface area (Å²) >= 11 is 1.64. The summed E-state index contributed by atoms with van der Waals surface area (Å²) in [6.45, 7) is 7.27. The predicted octanol–water partition coefficient (Wildman–Crippen LogP) is 4.33. The van der Waals surface area contributed by atoms with Crippen molar-refractivity contribution in [3.63, 3.8) is 0 Å². The van der Waals surface area contributed by atoms with Gasteiger partial charge in [-0.2, -0.15) is 0 Å². The van der Waals surface area contributed by atoms with Crippen LogP contribution in [0.1, 0.15) is 18.7 Å². The van der Waals surface area contributed by atoms with E-state index in [1.165, 1.54) is 12.1 Å². The Morgan fingerprint density at radius 3 is 2.56 bits per heavy atom. The Kier molecular flexibility index (Phi) is 3.97. The molecule has 0 aliphatic carbocycles. The highest BCUT2D eigenvalue weighted by atomic mass is 32.1. The molecule has 1 heterocycles. The van der Waals surface area contributed by atoms with Crippen molar-refractivity contribution in [1.82, 2.24) is 4.98 Å². The van der Waals surface area contributed by atoms with Crippen molar-refractivity contribution in [2.24, 2.45) is 5.92 Å². The maximum Gasteiger partial charge on any atom is 0.183 e. The summed E-state index contributed by atoms with van der Waals surface area (Å²) in [5, 5.41) is 4.25. The van der Waals surface area contributed by atoms with Crippen LogP contribution in [0.5, 0.6) is 0 Å². The van der Waals surface area contributed by atoms with Crippen LogP contribution >= 0.6 is 11.3 Å². The van der Waals surface area contributed by atoms with Gasteiger partial charge in [-0.25, -0.2) is 9.37 Å². The SMILES string of the molecule is Cc1sc(NCC(C)C)nc1-c1ccc(F)cc1. The van der Waals surface area contributed by atoms with E-state index in [1.54, 1.807) is 23.5 Å². The summed E-state index contributed by atoms with van der Waals surface area (Å²) in [5.74, 6) is 0.369. The third kappa shape index (κ3) is 3.07. The minimum absolute atomic E-state index is 0.218. The van der Waals surface area contributed by atoms with E-state index in [2.05, 4.69) is 24.1 Å². The van der Waals surface area contributed by atoms with Gasteiger partial charge >= 0.3 is 0 Å². The number of hydrogen-bond acceptors (Lipinski definition) is 3. The van der Waals surface area contributed by atoms with Crippen molar-refractivity contribution in [3.05, 3.63) is 35.0 Å². The lowest BCUT2D eigenvalue weighted by Gasteiger charge is -2.04. The van der Waals surface area contributed by atoms with E-state index in [0.717, 1.165) is 27.8 Å². The molecule has 0 saturated heterocycles. The number of benzene rings is 1. The summed E-state index contributed by atoms with van der Waals surface area (Å²) < 4.78 is 12.9. The number of anilines is 1. The monoisotopic (exact) mass is 264 g/mol. The highest BCUT2D eigenvalue weighted by Gasteiger charge is 2.09. The van der Waals surface area contributed by atoms with Gasteiger partial charge < -0.3 is 5.32 Å². The van der Waals surface area contributed by atoms with E-state index in [4.69, 9.17) is 0 Å². The maximum atomic E-state index is 12.9. The van der Waals surface area contributed by atoms with Gasteiger partial charge in [0, 0.05) is 17.0 Å². The molecule has 0 radical (unpaired) electrons. The number of hydrogen-bond donors (Lipinski definition) is 1. The first-order valence-electron chi connectivity index (χ1n) is 6.03. The van der Waals surface area contributed by atoms with Crippen LogP contribution in [0, 0.1) is 18.7 Å². The number of aryl methyl sites for hydroxylation is 1. The number of halogens is 1. The Morgan fingerprint density at radius 1 is 1.28 bits per heavy atom. The maximum absolute atomic E-state index is 12.9. The first kappa shape index (κ1) is 13.0. The number of thiazole rings is 1. The molecule has 0 spiro atoms. The van der Waals surface area contributed by atoms with Gasteiger partial charge in [0.1, 0.15) is 5.82 Å². The van der Waals surface area contributed by atoms with Crippen LogP contribution in [0.25, 0.3) is 11.3 Å². The van der Waals surface area contributed by atoms with Gasteiger partial charge in [-0.3, -0.25) is 0 Å². The minimum atomic E-state index is -0.218. The molecule has 0 amide bonds. The number of aromatic nitrogens is 1. The molecule has 0 saturated carbocycles. The van der Waals surface area contributed by atoms with Gasteiger partial charge in [-0.1, -0.05) is 13.8 Å². The fourth-order valence-corrected chi connectivity index (χ4v) is 2.48. The summed E-state index contributed by atoms with van der Waals surface area (Å²) in [5.41, 5.74) is 1.90. The van der Waals surface area contributed by atoms with Crippen LogP contribution in [-0.4, -0.2) is 11.5 Å². The summed E-state index contributed by atoms with van der Waals surface area (Å²) in [6.07, 6.45) is 0. The number of nitrogens with one attached hydrogen (secondary N) is 1. The van der Waals surface area contributed by atoms with Crippen LogP contribution in [0.2, 0.25) is 0 Å². The molecule has 2 nitrogen and oxygen atoms in total. The van der Waals surface area contributed by atoms with E-state index in [-0.39, 0.29) is 5.82 Å². The number of nitrogens with zero attached hydrogens (tertiary/aromatic N) is 1. The van der Waals surface area contributed by atoms with E-state index in [9.17, 15) is 4.39 Å². The Labute approximate surface area is 111 Å². The Bertz CT molecular complexity index is 517. The third-order valence-electron chi connectivity index (χ3n) is 2.58. The molecule has 0 bridgehead atoms. The molecule has 0 aliphatic rings. The summed E-state index contributed by atoms with van der Waals surface area (Å²) in [7, 11) is 0. The van der Waals surface area contributed by atoms with Crippen molar-refractivity contribution < 1.29 is 4.39 Å². The highest BCUT2D eigenvalue weighted by molar-refractivity contribution is 7.16. The molecule has 1 aromatic heterocycles. The van der Waals surface area contributed by atoms with Crippen LogP contribution in [0.4, 0.5) is 9.52 Å². The normalized spacial score (nSPS) is 10.9. The second-order valence-electron chi connectivity index (χ2n) is 4.71. The van der Waals surface area contributed by atoms with Crippen LogP contribution < -0.4 is 5.32 Å². The second-order valence-corrected chi connectivity index (χ2v) is 5.91. The molecule has 1 N–H and O–H groups in total. The molecular weight excluding hydrogens is 247 g/mol. The van der Waals surface area contributed by atoms with Crippen molar-refractivity contribution in [2.45, 2.75) is 20.8 Å². The summed E-state index contributed by atoms with van der Waals surface area (Å²) in [6, 6.07) is 6.47. The summed E-state index contributed by atoms with van der Waals surface area (Å²) in [4.78, 5) is 5.71. The average Bonchev–Trinajstić information content (AvgIpc) is 2.69. The molecule has 96 valence electrons. The topological polar surface area (TPSA) is 24.9 Å². The first-order valence-corrected chi connectivity index (χ1v) is 6.85. The van der Waals surface area contributed by atoms with Crippen LogP contribution in [0.15, 0.2) is 24.3 Å². The highest BCUT2D eigenvalue weighted by Crippen LogP contribution is 2.30. The average molecular weight is 264 g/mol. The molecule has 0 fully saturated rings. The largest absolute Gasteiger partial charge is 0.361 e. The molecule has 1 aromatic carbocycles. The van der Waals surface area contributed by atoms with Crippen LogP contribution in [-0.2, 0) is 0 Å². The first-order chi connectivity index (χ1) is 8.56. The molecule has 0 aliphatic heterocycles. The predicted molar refractivity (Wildman–Crippen MR) is 75.6 cm³/mol. The van der Waals surface area contributed by atoms with Gasteiger partial charge in [0.25, 0.3) is 0 Å². The van der Waals surface area contributed by atoms with E-state index in [1.807, 2.05) is 6.92 Å². The van der Waals surface area contributed by atoms with E-state index >= 15 is 0 Å². The lowest BCUT2D eigenvalue weighted by atomic mass is 10.1. The minimum Gasteiger partial charge on any atom is -0.361 e. The zero-order chi connectivity index (χ0) is 13.1. The Balaban J connectivity index is 2.21. The fraction of sp³-hybridized carbons (Fsp3) is 0.357. The molecular formula is C14H17FN2S. The zero-order valence-corrected chi connectivity index (χ0v) is 11.6. The van der Waals surface area contributed by atoms with Gasteiger partial charge in [0.15, 0.2) is 5.13 Å². The molecule has 2 rings (SSSR count). The fourth-order valence-electron chi connectivity index (χ4n) is 1.64. The van der Waals surface area contributed by atoms with Crippen molar-refractivity contribution in [3.8, 4) is 11.3 Å². The molecule has 2 aromatic rings. The van der Waals surface area contributed by atoms with Gasteiger partial charge in [0.05, 0.1) is 5.69 Å². The van der Waals surface area contributed by atoms with E-state index < -0.39 is 0 Å². The molecule has 0 atom stereocenters. The molecule has 4 heteroatoms. The van der Waals surface area contributed by atoms with E-state index in [0.29, 0.717) is 5.92 Å². The smallest absolute Gasteiger partial charge is 0.183 e.